The summed E-state index contributed by atoms with van der Waals surface area (Å²) in [5.41, 5.74) is 3.39. The molecule has 8 heteroatoms. The van der Waals surface area contributed by atoms with Gasteiger partial charge in [0.05, 0.1) is 24.2 Å². The Hall–Kier alpha value is -3.29. The van der Waals surface area contributed by atoms with Crippen LogP contribution < -0.4 is 0 Å². The van der Waals surface area contributed by atoms with Crippen molar-refractivity contribution in [2.45, 2.75) is 50.5 Å². The smallest absolute Gasteiger partial charge is 0.248 e. The summed E-state index contributed by atoms with van der Waals surface area (Å²) < 4.78 is 42.9. The average molecular weight is 438 g/mol. The van der Waals surface area contributed by atoms with Gasteiger partial charge in [0.1, 0.15) is 5.82 Å². The standard InChI is InChI=1S/C24H21F3N4O/c25-17-3-4-20(15-2-1-9-28-13-15)16(10-17)11-18-12-22(32)21-14-29-31(23(21)30-18)19-5-7-24(26,27)8-6-19/h1-4,9-10,13-14,19H,5-8,11-12H2. The Labute approximate surface area is 183 Å². The molecular weight excluding hydrogens is 417 g/mol. The summed E-state index contributed by atoms with van der Waals surface area (Å²) in [6.45, 7) is 0. The van der Waals surface area contributed by atoms with Crippen LogP contribution >= 0.6 is 0 Å². The van der Waals surface area contributed by atoms with Gasteiger partial charge in [0.15, 0.2) is 11.6 Å². The molecule has 2 aliphatic rings. The summed E-state index contributed by atoms with van der Waals surface area (Å²) in [6.07, 6.45) is 5.43. The molecule has 5 nitrogen and oxygen atoms in total. The van der Waals surface area contributed by atoms with E-state index >= 15 is 0 Å². The Morgan fingerprint density at radius 2 is 1.91 bits per heavy atom. The van der Waals surface area contributed by atoms with Crippen LogP contribution in [0.1, 0.15) is 54.1 Å². The summed E-state index contributed by atoms with van der Waals surface area (Å²) in [6, 6.07) is 8.03. The first-order valence-electron chi connectivity index (χ1n) is 10.6. The second kappa shape index (κ2) is 8.00. The molecule has 0 saturated heterocycles. The predicted molar refractivity (Wildman–Crippen MR) is 114 cm³/mol. The van der Waals surface area contributed by atoms with Crippen LogP contribution in [0.4, 0.5) is 19.0 Å². The second-order valence-electron chi connectivity index (χ2n) is 8.41. The molecule has 0 radical (unpaired) electrons. The third-order valence-electron chi connectivity index (χ3n) is 6.17. The van der Waals surface area contributed by atoms with Crippen LogP contribution in [0.15, 0.2) is 53.9 Å². The highest BCUT2D eigenvalue weighted by atomic mass is 19.3. The van der Waals surface area contributed by atoms with E-state index in [1.807, 2.05) is 12.1 Å². The maximum atomic E-state index is 14.1. The van der Waals surface area contributed by atoms with Crippen molar-refractivity contribution in [1.29, 1.82) is 0 Å². The number of ketones is 1. The number of aromatic nitrogens is 3. The van der Waals surface area contributed by atoms with Crippen molar-refractivity contribution in [3.8, 4) is 11.1 Å². The predicted octanol–water partition coefficient (Wildman–Crippen LogP) is 5.74. The van der Waals surface area contributed by atoms with Gasteiger partial charge in [-0.25, -0.2) is 22.8 Å². The molecule has 1 aromatic carbocycles. The molecule has 32 heavy (non-hydrogen) atoms. The summed E-state index contributed by atoms with van der Waals surface area (Å²) in [4.78, 5) is 21.6. The Kier molecular flexibility index (Phi) is 5.15. The second-order valence-corrected chi connectivity index (χ2v) is 8.41. The number of benzene rings is 1. The van der Waals surface area contributed by atoms with Gasteiger partial charge in [-0.15, -0.1) is 0 Å². The molecule has 0 atom stereocenters. The van der Waals surface area contributed by atoms with E-state index in [9.17, 15) is 18.0 Å². The highest BCUT2D eigenvalue weighted by Gasteiger charge is 2.37. The maximum absolute atomic E-state index is 14.1. The van der Waals surface area contributed by atoms with Crippen LogP contribution in [-0.2, 0) is 6.42 Å². The van der Waals surface area contributed by atoms with Gasteiger partial charge in [0.2, 0.25) is 5.92 Å². The first-order chi connectivity index (χ1) is 15.4. The van der Waals surface area contributed by atoms with Gasteiger partial charge in [-0.3, -0.25) is 9.78 Å². The van der Waals surface area contributed by atoms with Gasteiger partial charge in [0, 0.05) is 42.9 Å². The highest BCUT2D eigenvalue weighted by molar-refractivity contribution is 6.15. The average Bonchev–Trinajstić information content (AvgIpc) is 3.19. The van der Waals surface area contributed by atoms with E-state index in [4.69, 9.17) is 4.99 Å². The van der Waals surface area contributed by atoms with Gasteiger partial charge in [-0.1, -0.05) is 12.1 Å². The van der Waals surface area contributed by atoms with Crippen molar-refractivity contribution in [3.63, 3.8) is 0 Å². The molecule has 1 saturated carbocycles. The van der Waals surface area contributed by atoms with E-state index in [0.29, 0.717) is 29.1 Å². The Morgan fingerprint density at radius 1 is 1.09 bits per heavy atom. The molecule has 0 unspecified atom stereocenters. The van der Waals surface area contributed by atoms with Crippen molar-refractivity contribution in [2.24, 2.45) is 4.99 Å². The van der Waals surface area contributed by atoms with Gasteiger partial charge in [-0.2, -0.15) is 5.10 Å². The van der Waals surface area contributed by atoms with Crippen molar-refractivity contribution < 1.29 is 18.0 Å². The SMILES string of the molecule is O=C1CC(Cc2cc(F)ccc2-c2cccnc2)=Nc2c1cnn2C1CCC(F)(F)CC1. The lowest BCUT2D eigenvalue weighted by molar-refractivity contribution is -0.0448. The van der Waals surface area contributed by atoms with Crippen LogP contribution in [-0.4, -0.2) is 32.2 Å². The largest absolute Gasteiger partial charge is 0.294 e. The number of alkyl halides is 2. The normalized spacial score (nSPS) is 18.3. The fraction of sp³-hybridized carbons (Fsp3) is 0.333. The van der Waals surface area contributed by atoms with Gasteiger partial charge in [0.25, 0.3) is 0 Å². The van der Waals surface area contributed by atoms with Crippen molar-refractivity contribution >= 4 is 17.3 Å². The van der Waals surface area contributed by atoms with Crippen LogP contribution in [0.3, 0.4) is 0 Å². The molecule has 0 bridgehead atoms. The van der Waals surface area contributed by atoms with E-state index < -0.39 is 5.92 Å². The monoisotopic (exact) mass is 438 g/mol. The fourth-order valence-corrected chi connectivity index (χ4v) is 4.50. The molecule has 5 rings (SSSR count). The third-order valence-corrected chi connectivity index (χ3v) is 6.17. The molecule has 0 N–H and O–H groups in total. The number of hydrogen-bond acceptors (Lipinski definition) is 4. The molecular formula is C24H21F3N4O. The number of pyridine rings is 1. The summed E-state index contributed by atoms with van der Waals surface area (Å²) in [5, 5.41) is 4.32. The third kappa shape index (κ3) is 3.97. The van der Waals surface area contributed by atoms with E-state index in [2.05, 4.69) is 10.1 Å². The number of nitrogens with zero attached hydrogens (tertiary/aromatic N) is 4. The number of hydrogen-bond donors (Lipinski definition) is 0. The number of Topliss-reactive ketones (excluding diaryl/α,β-unsaturated/α-hetero) is 1. The van der Waals surface area contributed by atoms with Crippen molar-refractivity contribution in [1.82, 2.24) is 14.8 Å². The van der Waals surface area contributed by atoms with E-state index in [1.165, 1.54) is 18.3 Å². The Morgan fingerprint density at radius 3 is 2.66 bits per heavy atom. The molecule has 3 heterocycles. The fourth-order valence-electron chi connectivity index (χ4n) is 4.50. The van der Waals surface area contributed by atoms with E-state index in [-0.39, 0.29) is 49.7 Å². The van der Waals surface area contributed by atoms with E-state index in [1.54, 1.807) is 23.1 Å². The molecule has 2 aromatic heterocycles. The minimum absolute atomic E-state index is 0.114. The summed E-state index contributed by atoms with van der Waals surface area (Å²) >= 11 is 0. The Bertz CT molecular complexity index is 1190. The number of aliphatic imine (C=N–C) groups is 1. The summed E-state index contributed by atoms with van der Waals surface area (Å²) in [5.74, 6) is -2.71. The van der Waals surface area contributed by atoms with Crippen LogP contribution in [0.25, 0.3) is 11.1 Å². The zero-order valence-electron chi connectivity index (χ0n) is 17.3. The molecule has 0 amide bonds. The number of carbonyl (C=O) groups excluding carboxylic acids is 1. The van der Waals surface area contributed by atoms with Crippen LogP contribution in [0, 0.1) is 5.82 Å². The van der Waals surface area contributed by atoms with Crippen LogP contribution in [0.2, 0.25) is 0 Å². The molecule has 3 aromatic rings. The number of rotatable bonds is 4. The van der Waals surface area contributed by atoms with Crippen molar-refractivity contribution in [2.75, 3.05) is 0 Å². The Balaban J connectivity index is 1.47. The molecule has 1 aliphatic carbocycles. The minimum atomic E-state index is -2.64. The number of halogens is 3. The van der Waals surface area contributed by atoms with Crippen molar-refractivity contribution in [3.05, 3.63) is 65.9 Å². The van der Waals surface area contributed by atoms with Gasteiger partial charge >= 0.3 is 0 Å². The molecule has 0 spiro atoms. The first kappa shape index (κ1) is 20.6. The molecule has 1 fully saturated rings. The van der Waals surface area contributed by atoms with Gasteiger partial charge in [-0.05, 0) is 42.2 Å². The molecule has 1 aliphatic heterocycles. The topological polar surface area (TPSA) is 60.1 Å². The molecule has 164 valence electrons. The lowest BCUT2D eigenvalue weighted by Crippen LogP contribution is -2.27. The number of carbonyl (C=O) groups is 1. The zero-order valence-corrected chi connectivity index (χ0v) is 17.3. The zero-order chi connectivity index (χ0) is 22.3. The number of fused-ring (bicyclic) bond motifs is 1. The first-order valence-corrected chi connectivity index (χ1v) is 10.6. The minimum Gasteiger partial charge on any atom is -0.294 e. The lowest BCUT2D eigenvalue weighted by Gasteiger charge is -2.29. The van der Waals surface area contributed by atoms with Crippen LogP contribution in [0.5, 0.6) is 0 Å². The van der Waals surface area contributed by atoms with Gasteiger partial charge < -0.3 is 0 Å². The quantitative estimate of drug-likeness (QED) is 0.522. The lowest BCUT2D eigenvalue weighted by atomic mass is 9.92. The summed E-state index contributed by atoms with van der Waals surface area (Å²) in [7, 11) is 0. The highest BCUT2D eigenvalue weighted by Crippen LogP contribution is 2.41. The maximum Gasteiger partial charge on any atom is 0.248 e. The van der Waals surface area contributed by atoms with E-state index in [0.717, 1.165) is 11.1 Å².